The van der Waals surface area contributed by atoms with Gasteiger partial charge in [0.1, 0.15) is 0 Å². The Morgan fingerprint density at radius 3 is 3.00 bits per heavy atom. The Hall–Kier alpha value is -1.06. The number of aliphatic hydroxyl groups excluding tert-OH is 1. The molecular weight excluding hydrogens is 200 g/mol. The minimum Gasteiger partial charge on any atom is -0.395 e. The summed E-state index contributed by atoms with van der Waals surface area (Å²) in [5.74, 6) is 0. The maximum Gasteiger partial charge on any atom is 0.0556 e. The maximum atomic E-state index is 8.77. The largest absolute Gasteiger partial charge is 0.395 e. The van der Waals surface area contributed by atoms with Crippen LogP contribution in [0, 0.1) is 0 Å². The lowest BCUT2D eigenvalue weighted by molar-refractivity contribution is 0.292. The Morgan fingerprint density at radius 1 is 1.44 bits per heavy atom. The second-order valence-electron chi connectivity index (χ2n) is 4.98. The Labute approximate surface area is 96.9 Å². The van der Waals surface area contributed by atoms with Crippen molar-refractivity contribution in [2.45, 2.75) is 25.8 Å². The van der Waals surface area contributed by atoms with Gasteiger partial charge in [0.05, 0.1) is 6.61 Å². The summed E-state index contributed by atoms with van der Waals surface area (Å²) in [5.41, 5.74) is 4.21. The highest BCUT2D eigenvalue weighted by Crippen LogP contribution is 2.38. The lowest BCUT2D eigenvalue weighted by Gasteiger charge is -2.21. The molecule has 88 valence electrons. The van der Waals surface area contributed by atoms with Gasteiger partial charge < -0.3 is 15.7 Å². The molecule has 0 atom stereocenters. The van der Waals surface area contributed by atoms with E-state index < -0.39 is 0 Å². The van der Waals surface area contributed by atoms with Crippen molar-refractivity contribution in [2.75, 3.05) is 25.0 Å². The van der Waals surface area contributed by atoms with Gasteiger partial charge in [0.25, 0.3) is 0 Å². The van der Waals surface area contributed by atoms with E-state index in [4.69, 9.17) is 5.11 Å². The minimum absolute atomic E-state index is 0.191. The van der Waals surface area contributed by atoms with Gasteiger partial charge in [-0.25, -0.2) is 0 Å². The molecule has 0 spiro atoms. The van der Waals surface area contributed by atoms with Crippen LogP contribution in [0.15, 0.2) is 18.2 Å². The molecule has 2 rings (SSSR count). The fourth-order valence-corrected chi connectivity index (χ4v) is 2.40. The van der Waals surface area contributed by atoms with Gasteiger partial charge >= 0.3 is 0 Å². The predicted molar refractivity (Wildman–Crippen MR) is 66.8 cm³/mol. The van der Waals surface area contributed by atoms with Crippen molar-refractivity contribution in [3.63, 3.8) is 0 Å². The summed E-state index contributed by atoms with van der Waals surface area (Å²) in [6.07, 6.45) is 0. The van der Waals surface area contributed by atoms with Crippen molar-refractivity contribution < 1.29 is 5.11 Å². The molecule has 16 heavy (non-hydrogen) atoms. The Morgan fingerprint density at radius 2 is 2.25 bits per heavy atom. The maximum absolute atomic E-state index is 8.77. The fourth-order valence-electron chi connectivity index (χ4n) is 2.40. The molecule has 1 aromatic rings. The normalized spacial score (nSPS) is 16.9. The molecule has 1 heterocycles. The monoisotopic (exact) mass is 220 g/mol. The smallest absolute Gasteiger partial charge is 0.0556 e. The lowest BCUT2D eigenvalue weighted by Crippen LogP contribution is -2.23. The molecule has 0 amide bonds. The first-order valence-electron chi connectivity index (χ1n) is 5.83. The number of hydrogen-bond donors (Lipinski definition) is 3. The van der Waals surface area contributed by atoms with E-state index in [1.165, 1.54) is 16.8 Å². The highest BCUT2D eigenvalue weighted by atomic mass is 16.3. The van der Waals surface area contributed by atoms with E-state index in [9.17, 15) is 0 Å². The first-order valence-corrected chi connectivity index (χ1v) is 5.83. The number of hydrogen-bond acceptors (Lipinski definition) is 3. The van der Waals surface area contributed by atoms with Crippen LogP contribution in [-0.2, 0) is 12.0 Å². The van der Waals surface area contributed by atoms with Crippen molar-refractivity contribution in [3.8, 4) is 0 Å². The molecule has 0 fully saturated rings. The molecule has 0 radical (unpaired) electrons. The van der Waals surface area contributed by atoms with E-state index in [1.807, 2.05) is 0 Å². The highest BCUT2D eigenvalue weighted by Gasteiger charge is 2.31. The van der Waals surface area contributed by atoms with Crippen LogP contribution in [0.4, 0.5) is 5.69 Å². The summed E-state index contributed by atoms with van der Waals surface area (Å²) in [6.45, 7) is 7.20. The molecule has 0 saturated carbocycles. The van der Waals surface area contributed by atoms with E-state index in [0.29, 0.717) is 6.54 Å². The molecule has 1 aromatic carbocycles. The van der Waals surface area contributed by atoms with Crippen LogP contribution < -0.4 is 10.6 Å². The standard InChI is InChI=1S/C13H20N2O/c1-13(2)9-15-11-5-3-4-10(12(11)13)8-14-6-7-16/h3-5,14-16H,6-9H2,1-2H3. The zero-order chi connectivity index (χ0) is 11.6. The molecule has 0 saturated heterocycles. The third kappa shape index (κ3) is 2.06. The minimum atomic E-state index is 0.191. The van der Waals surface area contributed by atoms with Crippen molar-refractivity contribution in [1.82, 2.24) is 5.32 Å². The summed E-state index contributed by atoms with van der Waals surface area (Å²) in [4.78, 5) is 0. The lowest BCUT2D eigenvalue weighted by atomic mass is 9.84. The molecule has 3 nitrogen and oxygen atoms in total. The number of anilines is 1. The van der Waals surface area contributed by atoms with Crippen molar-refractivity contribution >= 4 is 5.69 Å². The van der Waals surface area contributed by atoms with Crippen molar-refractivity contribution in [1.29, 1.82) is 0 Å². The second kappa shape index (κ2) is 4.44. The van der Waals surface area contributed by atoms with Crippen LogP contribution in [-0.4, -0.2) is 24.8 Å². The predicted octanol–water partition coefficient (Wildman–Crippen LogP) is 1.47. The summed E-state index contributed by atoms with van der Waals surface area (Å²) in [7, 11) is 0. The van der Waals surface area contributed by atoms with Gasteiger partial charge in [0, 0.05) is 30.7 Å². The van der Waals surface area contributed by atoms with Crippen molar-refractivity contribution in [3.05, 3.63) is 29.3 Å². The molecule has 0 aliphatic carbocycles. The van der Waals surface area contributed by atoms with Crippen LogP contribution >= 0.6 is 0 Å². The molecule has 0 unspecified atom stereocenters. The summed E-state index contributed by atoms with van der Waals surface area (Å²) in [6, 6.07) is 6.39. The molecule has 3 heteroatoms. The molecular formula is C13H20N2O. The Balaban J connectivity index is 2.23. The number of rotatable bonds is 4. The topological polar surface area (TPSA) is 44.3 Å². The van der Waals surface area contributed by atoms with E-state index in [-0.39, 0.29) is 12.0 Å². The second-order valence-corrected chi connectivity index (χ2v) is 4.98. The zero-order valence-electron chi connectivity index (χ0n) is 10.0. The van der Waals surface area contributed by atoms with Gasteiger partial charge in [-0.05, 0) is 17.2 Å². The highest BCUT2D eigenvalue weighted by molar-refractivity contribution is 5.62. The molecule has 0 bridgehead atoms. The Bertz CT molecular complexity index is 374. The molecule has 0 aromatic heterocycles. The average Bonchev–Trinajstić information content (AvgIpc) is 2.56. The van der Waals surface area contributed by atoms with E-state index in [1.54, 1.807) is 0 Å². The average molecular weight is 220 g/mol. The summed E-state index contributed by atoms with van der Waals surface area (Å²) < 4.78 is 0. The first kappa shape index (κ1) is 11.4. The zero-order valence-corrected chi connectivity index (χ0v) is 10.0. The SMILES string of the molecule is CC1(C)CNc2cccc(CNCCO)c21. The number of aliphatic hydroxyl groups is 1. The van der Waals surface area contributed by atoms with Gasteiger partial charge in [0.15, 0.2) is 0 Å². The van der Waals surface area contributed by atoms with Gasteiger partial charge in [-0.2, -0.15) is 0 Å². The van der Waals surface area contributed by atoms with Gasteiger partial charge in [-0.1, -0.05) is 26.0 Å². The van der Waals surface area contributed by atoms with E-state index in [0.717, 1.165) is 13.1 Å². The Kier molecular flexibility index (Phi) is 3.17. The molecule has 1 aliphatic heterocycles. The summed E-state index contributed by atoms with van der Waals surface area (Å²) in [5, 5.41) is 15.5. The van der Waals surface area contributed by atoms with Gasteiger partial charge in [-0.3, -0.25) is 0 Å². The molecule has 1 aliphatic rings. The molecule has 3 N–H and O–H groups in total. The first-order chi connectivity index (χ1) is 7.65. The van der Waals surface area contributed by atoms with Gasteiger partial charge in [-0.15, -0.1) is 0 Å². The van der Waals surface area contributed by atoms with Crippen LogP contribution in [0.1, 0.15) is 25.0 Å². The summed E-state index contributed by atoms with van der Waals surface area (Å²) >= 11 is 0. The van der Waals surface area contributed by atoms with Crippen LogP contribution in [0.3, 0.4) is 0 Å². The third-order valence-electron chi connectivity index (χ3n) is 3.15. The van der Waals surface area contributed by atoms with E-state index in [2.05, 4.69) is 42.7 Å². The number of benzene rings is 1. The van der Waals surface area contributed by atoms with Crippen LogP contribution in [0.5, 0.6) is 0 Å². The number of nitrogens with one attached hydrogen (secondary N) is 2. The third-order valence-corrected chi connectivity index (χ3v) is 3.15. The van der Waals surface area contributed by atoms with Crippen LogP contribution in [0.2, 0.25) is 0 Å². The van der Waals surface area contributed by atoms with Crippen LogP contribution in [0.25, 0.3) is 0 Å². The van der Waals surface area contributed by atoms with Crippen molar-refractivity contribution in [2.24, 2.45) is 0 Å². The fraction of sp³-hybridized carbons (Fsp3) is 0.538. The van der Waals surface area contributed by atoms with E-state index >= 15 is 0 Å². The number of fused-ring (bicyclic) bond motifs is 1. The van der Waals surface area contributed by atoms with Gasteiger partial charge in [0.2, 0.25) is 0 Å². The quantitative estimate of drug-likeness (QED) is 0.673.